The molecule has 0 aliphatic rings. The monoisotopic (exact) mass is 74.0 g/mol. The molecule has 5 heavy (non-hydrogen) atoms. The van der Waals surface area contributed by atoms with Gasteiger partial charge in [-0.2, -0.15) is 0 Å². The summed E-state index contributed by atoms with van der Waals surface area (Å²) in [6.45, 7) is 0. The second-order valence-corrected chi connectivity index (χ2v) is 0.414. The van der Waals surface area contributed by atoms with E-state index < -0.39 is 4.92 Å². The fraction of sp³-hybridized carbons (Fsp3) is 0. The van der Waals surface area contributed by atoms with Crippen LogP contribution in [0.5, 0.6) is 0 Å². The Kier molecular flexibility index (Phi) is 1.14. The van der Waals surface area contributed by atoms with Crippen molar-refractivity contribution in [1.82, 2.24) is 0 Å². The third-order valence-corrected chi connectivity index (χ3v) is 0.105. The molecular weight excluding hydrogens is 72.0 g/mol. The summed E-state index contributed by atoms with van der Waals surface area (Å²) in [5.41, 5.74) is 0. The topological polar surface area (TPSA) is 67.0 Å². The predicted molar refractivity (Wildman–Crippen MR) is 15.8 cm³/mol. The van der Waals surface area contributed by atoms with Crippen molar-refractivity contribution in [3.05, 3.63) is 10.1 Å². The molecule has 0 amide bonds. The zero-order valence-electron chi connectivity index (χ0n) is 2.34. The van der Waals surface area contributed by atoms with Crippen LogP contribution >= 0.6 is 0 Å². The number of rotatable bonds is 1. The molecule has 0 saturated carbocycles. The molecule has 0 unspecified atom stereocenters. The van der Waals surface area contributed by atoms with Gasteiger partial charge >= 0.3 is 6.34 Å². The smallest absolute Gasteiger partial charge is 0.318 e. The van der Waals surface area contributed by atoms with Crippen LogP contribution in [-0.4, -0.2) is 11.3 Å². The Labute approximate surface area is 28.1 Å². The molecule has 0 saturated heterocycles. The second-order valence-electron chi connectivity index (χ2n) is 0.414. The Balaban J connectivity index is 3.20. The molecule has 0 aromatic carbocycles. The van der Waals surface area contributed by atoms with Gasteiger partial charge in [0, 0.05) is 0 Å². The van der Waals surface area contributed by atoms with Crippen LogP contribution in [0.2, 0.25) is 0 Å². The summed E-state index contributed by atoms with van der Waals surface area (Å²) >= 11 is 0. The molecule has 1 N–H and O–H groups in total. The standard InChI is InChI=1S/CH2N2O2/c2-1-3(4)5/h1-2H. The van der Waals surface area contributed by atoms with Crippen LogP contribution < -0.4 is 0 Å². The van der Waals surface area contributed by atoms with Crippen molar-refractivity contribution in [3.8, 4) is 0 Å². The minimum atomic E-state index is -0.833. The Hall–Kier alpha value is -0.930. The first-order valence-corrected chi connectivity index (χ1v) is 0.912. The van der Waals surface area contributed by atoms with Crippen molar-refractivity contribution in [3.63, 3.8) is 0 Å². The lowest BCUT2D eigenvalue weighted by Gasteiger charge is -1.72. The quantitative estimate of drug-likeness (QED) is 0.204. The van der Waals surface area contributed by atoms with Crippen LogP contribution in [-0.2, 0) is 0 Å². The van der Waals surface area contributed by atoms with Crippen LogP contribution in [0.4, 0.5) is 0 Å². The van der Waals surface area contributed by atoms with Gasteiger partial charge < -0.3 is 10.1 Å². The van der Waals surface area contributed by atoms with Crippen LogP contribution in [0.3, 0.4) is 0 Å². The summed E-state index contributed by atoms with van der Waals surface area (Å²) in [7, 11) is 0. The molecule has 0 atom stereocenters. The number of nitrogens with zero attached hydrogens (tertiary/aromatic N) is 1. The number of nitrogens with one attached hydrogen (secondary N) is 1. The van der Waals surface area contributed by atoms with Gasteiger partial charge in [-0.3, -0.25) is 0 Å². The maximum Gasteiger partial charge on any atom is 0.318 e. The van der Waals surface area contributed by atoms with E-state index in [0.717, 1.165) is 0 Å². The van der Waals surface area contributed by atoms with E-state index in [-0.39, 0.29) is 6.34 Å². The fourth-order valence-electron chi connectivity index (χ4n) is 0. The van der Waals surface area contributed by atoms with Crippen LogP contribution in [0.15, 0.2) is 0 Å². The van der Waals surface area contributed by atoms with Gasteiger partial charge in [-0.05, 0) is 4.92 Å². The van der Waals surface area contributed by atoms with Crippen LogP contribution in [0, 0.1) is 15.5 Å². The number of hydrogen-bond acceptors (Lipinski definition) is 3. The molecule has 0 fully saturated rings. The highest BCUT2D eigenvalue weighted by atomic mass is 16.6. The maximum atomic E-state index is 8.93. The minimum absolute atomic E-state index is 0.139. The van der Waals surface area contributed by atoms with E-state index in [4.69, 9.17) is 15.5 Å². The molecule has 0 aliphatic heterocycles. The molecule has 0 rings (SSSR count). The molecule has 0 bridgehead atoms. The minimum Gasteiger partial charge on any atom is -0.358 e. The average Bonchev–Trinajstić information content (AvgIpc) is 1.38. The van der Waals surface area contributed by atoms with Gasteiger partial charge in [0.25, 0.3) is 0 Å². The van der Waals surface area contributed by atoms with E-state index in [2.05, 4.69) is 0 Å². The van der Waals surface area contributed by atoms with Gasteiger partial charge in [-0.1, -0.05) is 0 Å². The summed E-state index contributed by atoms with van der Waals surface area (Å²) in [4.78, 5) is 8.10. The number of hydrogen-bond donors (Lipinski definition) is 1. The largest absolute Gasteiger partial charge is 0.358 e. The molecular formula is CH2N2O2. The van der Waals surface area contributed by atoms with E-state index >= 15 is 0 Å². The van der Waals surface area contributed by atoms with Crippen molar-refractivity contribution < 1.29 is 4.92 Å². The first-order chi connectivity index (χ1) is 2.27. The molecule has 0 heterocycles. The van der Waals surface area contributed by atoms with Crippen molar-refractivity contribution in [2.75, 3.05) is 0 Å². The fourth-order valence-corrected chi connectivity index (χ4v) is 0. The second kappa shape index (κ2) is 1.40. The van der Waals surface area contributed by atoms with Crippen molar-refractivity contribution in [2.24, 2.45) is 0 Å². The molecule has 0 spiro atoms. The zero-order chi connectivity index (χ0) is 4.28. The Morgan fingerprint density at radius 1 is 2.00 bits per heavy atom. The third kappa shape index (κ3) is 3.07. The highest BCUT2D eigenvalue weighted by Gasteiger charge is 1.66. The molecule has 4 nitrogen and oxygen atoms in total. The highest BCUT2D eigenvalue weighted by molar-refractivity contribution is 5.37. The van der Waals surface area contributed by atoms with Gasteiger partial charge in [0.15, 0.2) is 0 Å². The van der Waals surface area contributed by atoms with Gasteiger partial charge in [0.05, 0.1) is 0 Å². The maximum absolute atomic E-state index is 8.93. The van der Waals surface area contributed by atoms with E-state index in [9.17, 15) is 0 Å². The van der Waals surface area contributed by atoms with Gasteiger partial charge in [-0.25, -0.2) is 0 Å². The summed E-state index contributed by atoms with van der Waals surface area (Å²) in [5, 5.41) is 14.8. The van der Waals surface area contributed by atoms with E-state index in [1.165, 1.54) is 0 Å². The number of nitro groups is 1. The average molecular weight is 74.0 g/mol. The summed E-state index contributed by atoms with van der Waals surface area (Å²) in [6, 6.07) is 0. The van der Waals surface area contributed by atoms with E-state index in [0.29, 0.717) is 0 Å². The molecule has 0 aliphatic carbocycles. The predicted octanol–water partition coefficient (Wildman–Crippen LogP) is -0.130. The lowest BCUT2D eigenvalue weighted by atomic mass is 11.4. The van der Waals surface area contributed by atoms with E-state index in [1.54, 1.807) is 0 Å². The molecule has 4 heteroatoms. The van der Waals surface area contributed by atoms with Crippen LogP contribution in [0.25, 0.3) is 0 Å². The Morgan fingerprint density at radius 3 is 2.20 bits per heavy atom. The molecule has 0 aromatic rings. The van der Waals surface area contributed by atoms with Gasteiger partial charge in [0.2, 0.25) is 0 Å². The van der Waals surface area contributed by atoms with Crippen molar-refractivity contribution >= 4 is 6.34 Å². The van der Waals surface area contributed by atoms with Crippen molar-refractivity contribution in [1.29, 1.82) is 5.41 Å². The molecule has 0 aromatic heterocycles. The van der Waals surface area contributed by atoms with Gasteiger partial charge in [0.1, 0.15) is 0 Å². The summed E-state index contributed by atoms with van der Waals surface area (Å²) < 4.78 is 0. The molecule has 28 valence electrons. The first-order valence-electron chi connectivity index (χ1n) is 0.912. The summed E-state index contributed by atoms with van der Waals surface area (Å²) in [6.07, 6.45) is 0.139. The third-order valence-electron chi connectivity index (χ3n) is 0.105. The summed E-state index contributed by atoms with van der Waals surface area (Å²) in [5.74, 6) is 0. The normalized spacial score (nSPS) is 6.40. The van der Waals surface area contributed by atoms with Gasteiger partial charge in [-0.15, -0.1) is 5.41 Å². The van der Waals surface area contributed by atoms with Crippen molar-refractivity contribution in [2.45, 2.75) is 0 Å². The van der Waals surface area contributed by atoms with Crippen LogP contribution in [0.1, 0.15) is 0 Å². The Morgan fingerprint density at radius 2 is 2.20 bits per heavy atom. The molecule has 0 radical (unpaired) electrons. The Bertz CT molecular complexity index is 58.7. The highest BCUT2D eigenvalue weighted by Crippen LogP contribution is 1.45. The zero-order valence-corrected chi connectivity index (χ0v) is 2.34. The lowest BCUT2D eigenvalue weighted by molar-refractivity contribution is -0.340. The first kappa shape index (κ1) is 4.07. The SMILES string of the molecule is N=C[N+](=O)[O-]. The van der Waals surface area contributed by atoms with E-state index in [1.807, 2.05) is 0 Å². The lowest BCUT2D eigenvalue weighted by Crippen LogP contribution is -1.87.